The number of hydrogen-bond donors (Lipinski definition) is 0. The number of aromatic nitrogens is 1. The molecule has 25 heavy (non-hydrogen) atoms. The number of amidine groups is 1. The SMILES string of the molecule is CC[C@H]1CSC2=N[C@H](c3ccccn3)[C@@H](c3ccc(OC)c(Cl)c3)N21. The molecule has 3 heterocycles. The Labute approximate surface area is 157 Å². The fraction of sp³-hybridized carbons (Fsp3) is 0.368. The molecule has 130 valence electrons. The summed E-state index contributed by atoms with van der Waals surface area (Å²) in [5, 5.41) is 1.76. The molecule has 3 atom stereocenters. The highest BCUT2D eigenvalue weighted by molar-refractivity contribution is 8.14. The van der Waals surface area contributed by atoms with E-state index in [-0.39, 0.29) is 12.1 Å². The van der Waals surface area contributed by atoms with Crippen LogP contribution in [0.15, 0.2) is 47.6 Å². The van der Waals surface area contributed by atoms with Crippen molar-refractivity contribution in [3.8, 4) is 5.75 Å². The molecule has 4 rings (SSSR count). The third-order valence-corrected chi connectivity index (χ3v) is 6.27. The predicted molar refractivity (Wildman–Crippen MR) is 104 cm³/mol. The maximum atomic E-state index is 6.41. The number of pyridine rings is 1. The maximum Gasteiger partial charge on any atom is 0.160 e. The molecule has 0 unspecified atom stereocenters. The van der Waals surface area contributed by atoms with E-state index < -0.39 is 0 Å². The van der Waals surface area contributed by atoms with Gasteiger partial charge in [0.15, 0.2) is 5.17 Å². The average molecular weight is 374 g/mol. The van der Waals surface area contributed by atoms with Crippen molar-refractivity contribution in [2.75, 3.05) is 12.9 Å². The molecule has 1 aromatic carbocycles. The number of ether oxygens (including phenoxy) is 1. The van der Waals surface area contributed by atoms with Crippen LogP contribution in [-0.4, -0.2) is 34.0 Å². The zero-order chi connectivity index (χ0) is 17.4. The molecule has 2 aromatic rings. The fourth-order valence-corrected chi connectivity index (χ4v) is 5.18. The van der Waals surface area contributed by atoms with Crippen molar-refractivity contribution in [1.29, 1.82) is 0 Å². The van der Waals surface area contributed by atoms with Crippen LogP contribution in [-0.2, 0) is 0 Å². The summed E-state index contributed by atoms with van der Waals surface area (Å²) in [6.45, 7) is 2.24. The zero-order valence-electron chi connectivity index (χ0n) is 14.2. The molecule has 1 aromatic heterocycles. The van der Waals surface area contributed by atoms with Crippen LogP contribution < -0.4 is 4.74 Å². The van der Waals surface area contributed by atoms with E-state index >= 15 is 0 Å². The Morgan fingerprint density at radius 2 is 2.20 bits per heavy atom. The van der Waals surface area contributed by atoms with Crippen molar-refractivity contribution in [2.24, 2.45) is 4.99 Å². The third kappa shape index (κ3) is 2.89. The van der Waals surface area contributed by atoms with Crippen molar-refractivity contribution >= 4 is 28.5 Å². The van der Waals surface area contributed by atoms with E-state index in [2.05, 4.69) is 28.9 Å². The lowest BCUT2D eigenvalue weighted by atomic mass is 9.95. The van der Waals surface area contributed by atoms with Gasteiger partial charge in [-0.05, 0) is 36.2 Å². The molecule has 0 bridgehead atoms. The highest BCUT2D eigenvalue weighted by Gasteiger charge is 2.45. The summed E-state index contributed by atoms with van der Waals surface area (Å²) in [5.41, 5.74) is 2.15. The first kappa shape index (κ1) is 16.7. The summed E-state index contributed by atoms with van der Waals surface area (Å²) in [6, 6.07) is 12.7. The van der Waals surface area contributed by atoms with Gasteiger partial charge in [0.1, 0.15) is 11.8 Å². The molecule has 0 radical (unpaired) electrons. The number of halogens is 1. The van der Waals surface area contributed by atoms with Crippen LogP contribution >= 0.6 is 23.4 Å². The van der Waals surface area contributed by atoms with Crippen molar-refractivity contribution in [2.45, 2.75) is 31.5 Å². The largest absolute Gasteiger partial charge is 0.495 e. The monoisotopic (exact) mass is 373 g/mol. The number of nitrogens with zero attached hydrogens (tertiary/aromatic N) is 3. The van der Waals surface area contributed by atoms with Gasteiger partial charge < -0.3 is 9.64 Å². The molecule has 4 nitrogen and oxygen atoms in total. The topological polar surface area (TPSA) is 37.7 Å². The molecule has 0 amide bonds. The maximum absolute atomic E-state index is 6.41. The van der Waals surface area contributed by atoms with Gasteiger partial charge in [-0.25, -0.2) is 0 Å². The van der Waals surface area contributed by atoms with Crippen LogP contribution in [0.25, 0.3) is 0 Å². The minimum Gasteiger partial charge on any atom is -0.495 e. The van der Waals surface area contributed by atoms with Crippen molar-refractivity contribution in [3.05, 3.63) is 58.9 Å². The summed E-state index contributed by atoms with van der Waals surface area (Å²) < 4.78 is 5.31. The number of hydrogen-bond acceptors (Lipinski definition) is 5. The Morgan fingerprint density at radius 1 is 1.32 bits per heavy atom. The number of rotatable bonds is 4. The number of fused-ring (bicyclic) bond motifs is 1. The zero-order valence-corrected chi connectivity index (χ0v) is 15.8. The van der Waals surface area contributed by atoms with E-state index in [0.29, 0.717) is 16.8 Å². The number of aliphatic imine (C=N–C) groups is 1. The van der Waals surface area contributed by atoms with Crippen LogP contribution in [0.4, 0.5) is 0 Å². The van der Waals surface area contributed by atoms with Crippen LogP contribution in [0, 0.1) is 0 Å². The van der Waals surface area contributed by atoms with E-state index in [1.165, 1.54) is 0 Å². The molecule has 0 N–H and O–H groups in total. The summed E-state index contributed by atoms with van der Waals surface area (Å²) in [7, 11) is 1.64. The van der Waals surface area contributed by atoms with Gasteiger partial charge in [-0.2, -0.15) is 0 Å². The number of thioether (sulfide) groups is 1. The van der Waals surface area contributed by atoms with Crippen LogP contribution in [0.1, 0.15) is 36.7 Å². The van der Waals surface area contributed by atoms with Crippen LogP contribution in [0.2, 0.25) is 5.02 Å². The second kappa shape index (κ2) is 6.89. The second-order valence-electron chi connectivity index (χ2n) is 6.23. The van der Waals surface area contributed by atoms with Crippen LogP contribution in [0.5, 0.6) is 5.75 Å². The van der Waals surface area contributed by atoms with Gasteiger partial charge in [0, 0.05) is 18.0 Å². The first-order valence-corrected chi connectivity index (χ1v) is 9.82. The quantitative estimate of drug-likeness (QED) is 0.776. The minimum absolute atomic E-state index is 0.0116. The lowest BCUT2D eigenvalue weighted by Crippen LogP contribution is -2.35. The molecule has 0 spiro atoms. The first-order valence-electron chi connectivity index (χ1n) is 8.46. The highest BCUT2D eigenvalue weighted by Crippen LogP contribution is 2.49. The summed E-state index contributed by atoms with van der Waals surface area (Å²) in [6.07, 6.45) is 2.93. The standard InChI is InChI=1S/C19H20ClN3OS/c1-3-13-11-25-19-22-17(15-6-4-5-9-21-15)18(23(13)19)12-7-8-16(24-2)14(20)10-12/h4-10,13,17-18H,3,11H2,1-2H3/t13-,17+,18+/m0/s1. The molecule has 2 aliphatic rings. The Hall–Kier alpha value is -1.72. The van der Waals surface area contributed by atoms with Gasteiger partial charge >= 0.3 is 0 Å². The third-order valence-electron chi connectivity index (χ3n) is 4.85. The lowest BCUT2D eigenvalue weighted by Gasteiger charge is -2.32. The molecule has 0 saturated carbocycles. The molecule has 0 aliphatic carbocycles. The number of methoxy groups -OCH3 is 1. The fourth-order valence-electron chi connectivity index (χ4n) is 3.58. The summed E-state index contributed by atoms with van der Waals surface area (Å²) >= 11 is 8.26. The van der Waals surface area contributed by atoms with Crippen molar-refractivity contribution in [1.82, 2.24) is 9.88 Å². The Balaban J connectivity index is 1.79. The van der Waals surface area contributed by atoms with E-state index in [9.17, 15) is 0 Å². The molecule has 2 aliphatic heterocycles. The average Bonchev–Trinajstić information content (AvgIpc) is 3.21. The summed E-state index contributed by atoms with van der Waals surface area (Å²) in [4.78, 5) is 12.0. The Bertz CT molecular complexity index is 799. The van der Waals surface area contributed by atoms with Gasteiger partial charge in [0.05, 0.1) is 23.9 Å². The molecule has 1 fully saturated rings. The van der Waals surface area contributed by atoms with Crippen molar-refractivity contribution in [3.63, 3.8) is 0 Å². The Kier molecular flexibility index (Phi) is 4.61. The number of benzene rings is 1. The molecule has 6 heteroatoms. The lowest BCUT2D eigenvalue weighted by molar-refractivity contribution is 0.255. The molecular formula is C19H20ClN3OS. The van der Waals surface area contributed by atoms with E-state index in [0.717, 1.165) is 28.6 Å². The van der Waals surface area contributed by atoms with Gasteiger partial charge in [0.25, 0.3) is 0 Å². The Morgan fingerprint density at radius 3 is 2.88 bits per heavy atom. The summed E-state index contributed by atoms with van der Waals surface area (Å²) in [5.74, 6) is 1.78. The van der Waals surface area contributed by atoms with Gasteiger partial charge in [-0.1, -0.05) is 42.4 Å². The smallest absolute Gasteiger partial charge is 0.160 e. The van der Waals surface area contributed by atoms with Gasteiger partial charge in [0.2, 0.25) is 0 Å². The van der Waals surface area contributed by atoms with E-state index in [4.69, 9.17) is 21.3 Å². The van der Waals surface area contributed by atoms with E-state index in [1.54, 1.807) is 7.11 Å². The minimum atomic E-state index is -0.0116. The van der Waals surface area contributed by atoms with Gasteiger partial charge in [-0.15, -0.1) is 0 Å². The first-order chi connectivity index (χ1) is 12.2. The van der Waals surface area contributed by atoms with E-state index in [1.807, 2.05) is 42.2 Å². The van der Waals surface area contributed by atoms with Gasteiger partial charge in [-0.3, -0.25) is 9.98 Å². The van der Waals surface area contributed by atoms with Crippen LogP contribution in [0.3, 0.4) is 0 Å². The second-order valence-corrected chi connectivity index (χ2v) is 7.62. The predicted octanol–water partition coefficient (Wildman–Crippen LogP) is 4.72. The van der Waals surface area contributed by atoms with Crippen molar-refractivity contribution < 1.29 is 4.74 Å². The molecule has 1 saturated heterocycles. The highest BCUT2D eigenvalue weighted by atomic mass is 35.5. The molecular weight excluding hydrogens is 354 g/mol. The normalized spacial score (nSPS) is 25.0.